The van der Waals surface area contributed by atoms with E-state index in [0.717, 1.165) is 18.7 Å². The van der Waals surface area contributed by atoms with Gasteiger partial charge in [0.1, 0.15) is 0 Å². The fourth-order valence-electron chi connectivity index (χ4n) is 1.65. The Morgan fingerprint density at radius 1 is 1.44 bits per heavy atom. The number of nitrogens with one attached hydrogen (secondary N) is 2. The number of nitrogens with two attached hydrogens (primary N) is 1. The van der Waals surface area contributed by atoms with Crippen LogP contribution in [0.3, 0.4) is 0 Å². The Kier molecular flexibility index (Phi) is 3.54. The van der Waals surface area contributed by atoms with Crippen LogP contribution >= 0.6 is 0 Å². The molecule has 1 amide bonds. The summed E-state index contributed by atoms with van der Waals surface area (Å²) in [7, 11) is 0. The summed E-state index contributed by atoms with van der Waals surface area (Å²) in [6.45, 7) is 2.07. The minimum atomic E-state index is -0.127. The SMILES string of the molecule is NC(CNC(=O)C1CNC1)c1ccccc1. The average Bonchev–Trinajstić information content (AvgIpc) is 2.25. The van der Waals surface area contributed by atoms with Gasteiger partial charge in [0.2, 0.25) is 5.91 Å². The van der Waals surface area contributed by atoms with Gasteiger partial charge in [-0.05, 0) is 5.56 Å². The molecule has 0 bridgehead atoms. The van der Waals surface area contributed by atoms with Crippen molar-refractivity contribution in [1.29, 1.82) is 0 Å². The third kappa shape index (κ3) is 2.59. The normalized spacial score (nSPS) is 17.6. The van der Waals surface area contributed by atoms with Crippen LogP contribution in [0.25, 0.3) is 0 Å². The molecule has 1 aromatic rings. The molecule has 1 heterocycles. The van der Waals surface area contributed by atoms with Gasteiger partial charge in [-0.3, -0.25) is 4.79 Å². The minimum absolute atomic E-state index is 0.102. The highest BCUT2D eigenvalue weighted by Gasteiger charge is 2.24. The second-order valence-corrected chi connectivity index (χ2v) is 4.12. The lowest BCUT2D eigenvalue weighted by atomic mass is 10.0. The van der Waals surface area contributed by atoms with E-state index in [-0.39, 0.29) is 17.9 Å². The smallest absolute Gasteiger partial charge is 0.225 e. The number of amides is 1. The molecule has 4 nitrogen and oxygen atoms in total. The summed E-state index contributed by atoms with van der Waals surface area (Å²) >= 11 is 0. The van der Waals surface area contributed by atoms with Crippen molar-refractivity contribution >= 4 is 5.91 Å². The third-order valence-corrected chi connectivity index (χ3v) is 2.88. The van der Waals surface area contributed by atoms with Gasteiger partial charge in [0.15, 0.2) is 0 Å². The van der Waals surface area contributed by atoms with Crippen molar-refractivity contribution in [1.82, 2.24) is 10.6 Å². The summed E-state index contributed by atoms with van der Waals surface area (Å²) < 4.78 is 0. The number of rotatable bonds is 4. The molecule has 1 unspecified atom stereocenters. The van der Waals surface area contributed by atoms with Crippen LogP contribution in [0.15, 0.2) is 30.3 Å². The van der Waals surface area contributed by atoms with E-state index >= 15 is 0 Å². The maximum atomic E-state index is 11.6. The molecule has 86 valence electrons. The molecule has 0 saturated carbocycles. The van der Waals surface area contributed by atoms with E-state index in [1.54, 1.807) is 0 Å². The Bertz CT molecular complexity index is 349. The zero-order chi connectivity index (χ0) is 11.4. The van der Waals surface area contributed by atoms with Crippen molar-refractivity contribution in [2.24, 2.45) is 11.7 Å². The van der Waals surface area contributed by atoms with Gasteiger partial charge in [0.05, 0.1) is 5.92 Å². The van der Waals surface area contributed by atoms with Gasteiger partial charge < -0.3 is 16.4 Å². The number of carbonyl (C=O) groups excluding carboxylic acids is 1. The highest BCUT2D eigenvalue weighted by atomic mass is 16.2. The summed E-state index contributed by atoms with van der Waals surface area (Å²) in [4.78, 5) is 11.6. The Morgan fingerprint density at radius 3 is 2.69 bits per heavy atom. The van der Waals surface area contributed by atoms with E-state index in [1.165, 1.54) is 0 Å². The van der Waals surface area contributed by atoms with Crippen LogP contribution in [0.4, 0.5) is 0 Å². The lowest BCUT2D eigenvalue weighted by Gasteiger charge is -2.26. The minimum Gasteiger partial charge on any atom is -0.354 e. The fourth-order valence-corrected chi connectivity index (χ4v) is 1.65. The Balaban J connectivity index is 1.79. The number of carbonyl (C=O) groups is 1. The Labute approximate surface area is 95.2 Å². The summed E-state index contributed by atoms with van der Waals surface area (Å²) in [5, 5.41) is 5.95. The molecule has 2 rings (SSSR count). The van der Waals surface area contributed by atoms with E-state index < -0.39 is 0 Å². The van der Waals surface area contributed by atoms with Crippen LogP contribution in [0.2, 0.25) is 0 Å². The number of benzene rings is 1. The maximum absolute atomic E-state index is 11.6. The molecule has 0 aromatic heterocycles. The molecule has 4 heteroatoms. The quantitative estimate of drug-likeness (QED) is 0.669. The molecular formula is C12H17N3O. The monoisotopic (exact) mass is 219 g/mol. The van der Waals surface area contributed by atoms with Crippen molar-refractivity contribution in [2.45, 2.75) is 6.04 Å². The predicted molar refractivity (Wildman–Crippen MR) is 62.7 cm³/mol. The summed E-state index contributed by atoms with van der Waals surface area (Å²) in [6.07, 6.45) is 0. The second-order valence-electron chi connectivity index (χ2n) is 4.12. The average molecular weight is 219 g/mol. The molecular weight excluding hydrogens is 202 g/mol. The predicted octanol–water partition coefficient (Wildman–Crippen LogP) is 0.0220. The zero-order valence-electron chi connectivity index (χ0n) is 9.15. The van der Waals surface area contributed by atoms with Crippen LogP contribution in [-0.4, -0.2) is 25.5 Å². The van der Waals surface area contributed by atoms with Gasteiger partial charge in [0, 0.05) is 25.7 Å². The highest BCUT2D eigenvalue weighted by Crippen LogP contribution is 2.09. The van der Waals surface area contributed by atoms with Crippen LogP contribution in [0, 0.1) is 5.92 Å². The topological polar surface area (TPSA) is 67.1 Å². The summed E-state index contributed by atoms with van der Waals surface area (Å²) in [5.41, 5.74) is 7.02. The van der Waals surface area contributed by atoms with Gasteiger partial charge in [0.25, 0.3) is 0 Å². The van der Waals surface area contributed by atoms with Crippen molar-refractivity contribution in [3.05, 3.63) is 35.9 Å². The molecule has 16 heavy (non-hydrogen) atoms. The van der Waals surface area contributed by atoms with Crippen LogP contribution in [0.1, 0.15) is 11.6 Å². The van der Waals surface area contributed by atoms with E-state index in [0.29, 0.717) is 6.54 Å². The molecule has 4 N–H and O–H groups in total. The number of hydrogen-bond acceptors (Lipinski definition) is 3. The first-order valence-electron chi connectivity index (χ1n) is 5.56. The zero-order valence-corrected chi connectivity index (χ0v) is 9.15. The largest absolute Gasteiger partial charge is 0.354 e. The molecule has 1 fully saturated rings. The highest BCUT2D eigenvalue weighted by molar-refractivity contribution is 5.80. The standard InChI is InChI=1S/C12H17N3O/c13-11(9-4-2-1-3-5-9)8-15-12(16)10-6-14-7-10/h1-5,10-11,14H,6-8,13H2,(H,15,16). The van der Waals surface area contributed by atoms with Gasteiger partial charge in [-0.1, -0.05) is 30.3 Å². The van der Waals surface area contributed by atoms with Crippen LogP contribution < -0.4 is 16.4 Å². The van der Waals surface area contributed by atoms with E-state index in [1.807, 2.05) is 30.3 Å². The van der Waals surface area contributed by atoms with Crippen molar-refractivity contribution in [2.75, 3.05) is 19.6 Å². The first-order valence-corrected chi connectivity index (χ1v) is 5.56. The fraction of sp³-hybridized carbons (Fsp3) is 0.417. The first-order chi connectivity index (χ1) is 7.77. The summed E-state index contributed by atoms with van der Waals surface area (Å²) in [6, 6.07) is 9.68. The molecule has 1 saturated heterocycles. The molecule has 0 aliphatic carbocycles. The lowest BCUT2D eigenvalue weighted by molar-refractivity contribution is -0.126. The van der Waals surface area contributed by atoms with Crippen molar-refractivity contribution < 1.29 is 4.79 Å². The molecule has 1 aliphatic heterocycles. The molecule has 0 radical (unpaired) electrons. The van der Waals surface area contributed by atoms with E-state index in [2.05, 4.69) is 10.6 Å². The third-order valence-electron chi connectivity index (χ3n) is 2.88. The molecule has 0 spiro atoms. The van der Waals surface area contributed by atoms with E-state index in [9.17, 15) is 4.79 Å². The van der Waals surface area contributed by atoms with Crippen molar-refractivity contribution in [3.8, 4) is 0 Å². The van der Waals surface area contributed by atoms with Gasteiger partial charge >= 0.3 is 0 Å². The van der Waals surface area contributed by atoms with Gasteiger partial charge in [-0.25, -0.2) is 0 Å². The maximum Gasteiger partial charge on any atom is 0.225 e. The molecule has 1 aliphatic rings. The molecule has 1 aromatic carbocycles. The summed E-state index contributed by atoms with van der Waals surface area (Å²) in [5.74, 6) is 0.230. The van der Waals surface area contributed by atoms with Crippen LogP contribution in [0.5, 0.6) is 0 Å². The lowest BCUT2D eigenvalue weighted by Crippen LogP contribution is -2.51. The van der Waals surface area contributed by atoms with E-state index in [4.69, 9.17) is 5.73 Å². The first kappa shape index (κ1) is 11.1. The van der Waals surface area contributed by atoms with Gasteiger partial charge in [-0.15, -0.1) is 0 Å². The molecule has 1 atom stereocenters. The van der Waals surface area contributed by atoms with Gasteiger partial charge in [-0.2, -0.15) is 0 Å². The second kappa shape index (κ2) is 5.09. The van der Waals surface area contributed by atoms with Crippen LogP contribution in [-0.2, 0) is 4.79 Å². The Morgan fingerprint density at radius 2 is 2.12 bits per heavy atom. The Hall–Kier alpha value is -1.39. The number of hydrogen-bond donors (Lipinski definition) is 3. The van der Waals surface area contributed by atoms with Crippen molar-refractivity contribution in [3.63, 3.8) is 0 Å².